The highest BCUT2D eigenvalue weighted by Crippen LogP contribution is 2.25. The Kier molecular flexibility index (Phi) is 5.24. The van der Waals surface area contributed by atoms with Crippen molar-refractivity contribution in [1.29, 1.82) is 5.26 Å². The molecular weight excluding hydrogens is 221 g/mol. The standard InChI is InChI=1S/C12H16FN3O/c1-17-9-8-16(7-3-6-14)11-5-2-4-10(13)12(11)15/h2,4-5H,3,7-9,15H2,1H3. The van der Waals surface area contributed by atoms with Crippen LogP contribution in [0.3, 0.4) is 0 Å². The van der Waals surface area contributed by atoms with Gasteiger partial charge in [0.1, 0.15) is 5.82 Å². The summed E-state index contributed by atoms with van der Waals surface area (Å²) in [5.41, 5.74) is 6.41. The van der Waals surface area contributed by atoms with Gasteiger partial charge in [0.25, 0.3) is 0 Å². The molecule has 17 heavy (non-hydrogen) atoms. The number of halogens is 1. The van der Waals surface area contributed by atoms with Gasteiger partial charge in [0.05, 0.1) is 30.5 Å². The summed E-state index contributed by atoms with van der Waals surface area (Å²) in [4.78, 5) is 1.85. The molecule has 0 heterocycles. The second-order valence-electron chi connectivity index (χ2n) is 3.56. The van der Waals surface area contributed by atoms with Crippen molar-refractivity contribution < 1.29 is 9.13 Å². The van der Waals surface area contributed by atoms with Crippen LogP contribution in [0, 0.1) is 17.1 Å². The molecule has 0 aliphatic carbocycles. The minimum atomic E-state index is -0.443. The maximum atomic E-state index is 13.3. The zero-order valence-electron chi connectivity index (χ0n) is 9.82. The molecule has 0 fully saturated rings. The summed E-state index contributed by atoms with van der Waals surface area (Å²) in [5, 5.41) is 8.60. The molecule has 0 saturated heterocycles. The summed E-state index contributed by atoms with van der Waals surface area (Å²) in [6.45, 7) is 1.58. The van der Waals surface area contributed by atoms with Crippen molar-refractivity contribution in [2.45, 2.75) is 6.42 Å². The predicted molar refractivity (Wildman–Crippen MR) is 65.1 cm³/mol. The van der Waals surface area contributed by atoms with E-state index in [4.69, 9.17) is 15.7 Å². The maximum Gasteiger partial charge on any atom is 0.148 e. The lowest BCUT2D eigenvalue weighted by molar-refractivity contribution is 0.205. The molecule has 0 aliphatic rings. The van der Waals surface area contributed by atoms with Crippen molar-refractivity contribution >= 4 is 11.4 Å². The highest BCUT2D eigenvalue weighted by Gasteiger charge is 2.11. The number of hydrogen-bond acceptors (Lipinski definition) is 4. The fraction of sp³-hybridized carbons (Fsp3) is 0.417. The van der Waals surface area contributed by atoms with Crippen LogP contribution in [0.15, 0.2) is 18.2 Å². The molecule has 92 valence electrons. The number of nitriles is 1. The first-order valence-electron chi connectivity index (χ1n) is 5.35. The van der Waals surface area contributed by atoms with Crippen molar-refractivity contribution in [2.24, 2.45) is 0 Å². The summed E-state index contributed by atoms with van der Waals surface area (Å²) in [6.07, 6.45) is 0.361. The van der Waals surface area contributed by atoms with Crippen molar-refractivity contribution in [3.63, 3.8) is 0 Å². The van der Waals surface area contributed by atoms with Gasteiger partial charge in [-0.25, -0.2) is 4.39 Å². The van der Waals surface area contributed by atoms with Gasteiger partial charge in [-0.1, -0.05) is 6.07 Å². The van der Waals surface area contributed by atoms with E-state index in [2.05, 4.69) is 6.07 Å². The minimum absolute atomic E-state index is 0.113. The maximum absolute atomic E-state index is 13.3. The van der Waals surface area contributed by atoms with E-state index in [-0.39, 0.29) is 5.69 Å². The van der Waals surface area contributed by atoms with Crippen LogP contribution in [-0.2, 0) is 4.74 Å². The number of nitrogens with zero attached hydrogens (tertiary/aromatic N) is 2. The highest BCUT2D eigenvalue weighted by molar-refractivity contribution is 5.68. The summed E-state index contributed by atoms with van der Waals surface area (Å²) in [6, 6.07) is 6.72. The molecule has 0 spiro atoms. The van der Waals surface area contributed by atoms with Crippen molar-refractivity contribution in [1.82, 2.24) is 0 Å². The number of benzene rings is 1. The van der Waals surface area contributed by atoms with Crippen LogP contribution in [0.2, 0.25) is 0 Å². The monoisotopic (exact) mass is 237 g/mol. The van der Waals surface area contributed by atoms with Gasteiger partial charge in [-0.2, -0.15) is 5.26 Å². The van der Waals surface area contributed by atoms with Gasteiger partial charge in [0.15, 0.2) is 0 Å². The molecule has 0 aliphatic heterocycles. The van der Waals surface area contributed by atoms with Gasteiger partial charge in [-0.15, -0.1) is 0 Å². The van der Waals surface area contributed by atoms with E-state index >= 15 is 0 Å². The van der Waals surface area contributed by atoms with Crippen molar-refractivity contribution in [2.75, 3.05) is 37.4 Å². The molecule has 0 atom stereocenters. The Morgan fingerprint density at radius 2 is 2.24 bits per heavy atom. The Bertz CT molecular complexity index is 403. The fourth-order valence-corrected chi connectivity index (χ4v) is 1.54. The summed E-state index contributed by atoms with van der Waals surface area (Å²) < 4.78 is 18.3. The van der Waals surface area contributed by atoms with Crippen LogP contribution in [0.1, 0.15) is 6.42 Å². The second kappa shape index (κ2) is 6.71. The third-order valence-electron chi connectivity index (χ3n) is 2.43. The zero-order chi connectivity index (χ0) is 12.7. The van der Waals surface area contributed by atoms with Crippen LogP contribution < -0.4 is 10.6 Å². The molecule has 4 nitrogen and oxygen atoms in total. The van der Waals surface area contributed by atoms with Gasteiger partial charge in [-0.3, -0.25) is 0 Å². The smallest absolute Gasteiger partial charge is 0.148 e. The third-order valence-corrected chi connectivity index (χ3v) is 2.43. The third kappa shape index (κ3) is 3.61. The Morgan fingerprint density at radius 3 is 2.88 bits per heavy atom. The molecule has 0 unspecified atom stereocenters. The average molecular weight is 237 g/mol. The molecule has 2 N–H and O–H groups in total. The molecule has 1 aromatic rings. The Morgan fingerprint density at radius 1 is 1.47 bits per heavy atom. The van der Waals surface area contributed by atoms with Crippen LogP contribution in [-0.4, -0.2) is 26.8 Å². The molecule has 1 aromatic carbocycles. The van der Waals surface area contributed by atoms with Crippen LogP contribution >= 0.6 is 0 Å². The molecule has 1 rings (SSSR count). The van der Waals surface area contributed by atoms with E-state index in [9.17, 15) is 4.39 Å². The number of rotatable bonds is 6. The van der Waals surface area contributed by atoms with Crippen LogP contribution in [0.25, 0.3) is 0 Å². The van der Waals surface area contributed by atoms with Gasteiger partial charge >= 0.3 is 0 Å². The number of methoxy groups -OCH3 is 1. The van der Waals surface area contributed by atoms with E-state index in [1.165, 1.54) is 6.07 Å². The quantitative estimate of drug-likeness (QED) is 0.766. The Labute approximate surface area is 100 Å². The minimum Gasteiger partial charge on any atom is -0.395 e. The van der Waals surface area contributed by atoms with Crippen LogP contribution in [0.4, 0.5) is 15.8 Å². The number of nitrogens with two attached hydrogens (primary N) is 1. The number of anilines is 2. The summed E-state index contributed by atoms with van der Waals surface area (Å²) in [5.74, 6) is -0.443. The SMILES string of the molecule is COCCN(CCC#N)c1cccc(F)c1N. The molecule has 0 saturated carbocycles. The molecule has 0 amide bonds. The Hall–Kier alpha value is -1.80. The van der Waals surface area contributed by atoms with Crippen molar-refractivity contribution in [3.05, 3.63) is 24.0 Å². The number of para-hydroxylation sites is 1. The van der Waals surface area contributed by atoms with E-state index in [0.717, 1.165) is 0 Å². The van der Waals surface area contributed by atoms with Gasteiger partial charge in [0.2, 0.25) is 0 Å². The van der Waals surface area contributed by atoms with Gasteiger partial charge in [0, 0.05) is 20.2 Å². The van der Waals surface area contributed by atoms with E-state index in [1.54, 1.807) is 19.2 Å². The lowest BCUT2D eigenvalue weighted by Crippen LogP contribution is -2.29. The first-order chi connectivity index (χ1) is 8.20. The fourth-order valence-electron chi connectivity index (χ4n) is 1.54. The largest absolute Gasteiger partial charge is 0.395 e. The normalized spacial score (nSPS) is 9.94. The van der Waals surface area contributed by atoms with E-state index < -0.39 is 5.82 Å². The number of nitrogen functional groups attached to an aromatic ring is 1. The molecular formula is C12H16FN3O. The lowest BCUT2D eigenvalue weighted by atomic mass is 10.2. The van der Waals surface area contributed by atoms with Gasteiger partial charge in [-0.05, 0) is 12.1 Å². The zero-order valence-corrected chi connectivity index (χ0v) is 9.82. The van der Waals surface area contributed by atoms with Crippen molar-refractivity contribution in [3.8, 4) is 6.07 Å². The molecule has 0 bridgehead atoms. The summed E-state index contributed by atoms with van der Waals surface area (Å²) >= 11 is 0. The molecule has 5 heteroatoms. The number of ether oxygens (including phenoxy) is 1. The highest BCUT2D eigenvalue weighted by atomic mass is 19.1. The second-order valence-corrected chi connectivity index (χ2v) is 3.56. The first-order valence-corrected chi connectivity index (χ1v) is 5.35. The molecule has 0 aromatic heterocycles. The van der Waals surface area contributed by atoms with Gasteiger partial charge < -0.3 is 15.4 Å². The van der Waals surface area contributed by atoms with E-state index in [0.29, 0.717) is 31.8 Å². The summed E-state index contributed by atoms with van der Waals surface area (Å²) in [7, 11) is 1.59. The molecule has 0 radical (unpaired) electrons. The topological polar surface area (TPSA) is 62.3 Å². The lowest BCUT2D eigenvalue weighted by Gasteiger charge is -2.25. The Balaban J connectivity index is 2.87. The van der Waals surface area contributed by atoms with E-state index in [1.807, 2.05) is 4.90 Å². The average Bonchev–Trinajstić information content (AvgIpc) is 2.34. The number of hydrogen-bond donors (Lipinski definition) is 1. The first kappa shape index (κ1) is 13.3. The predicted octanol–water partition coefficient (Wildman–Crippen LogP) is 1.77. The van der Waals surface area contributed by atoms with Crippen LogP contribution in [0.5, 0.6) is 0 Å².